The number of hydrogen-bond donors (Lipinski definition) is 0. The van der Waals surface area contributed by atoms with Gasteiger partial charge in [0.05, 0.1) is 18.1 Å². The summed E-state index contributed by atoms with van der Waals surface area (Å²) in [6, 6.07) is 3.42. The number of carbonyl (C=O) groups is 1. The first-order chi connectivity index (χ1) is 7.69. The van der Waals surface area contributed by atoms with Gasteiger partial charge in [-0.25, -0.2) is 4.98 Å². The molecule has 0 unspecified atom stereocenters. The van der Waals surface area contributed by atoms with E-state index >= 15 is 0 Å². The number of carbonyl (C=O) groups excluding carboxylic acids is 1. The van der Waals surface area contributed by atoms with Gasteiger partial charge in [0.2, 0.25) is 11.8 Å². The summed E-state index contributed by atoms with van der Waals surface area (Å²) >= 11 is 11.1. The van der Waals surface area contributed by atoms with Gasteiger partial charge in [0.15, 0.2) is 0 Å². The summed E-state index contributed by atoms with van der Waals surface area (Å²) in [5, 5.41) is 0.569. The number of alkyl halides is 1. The molecule has 86 valence electrons. The molecule has 16 heavy (non-hydrogen) atoms. The molecule has 0 aliphatic carbocycles. The van der Waals surface area contributed by atoms with Crippen molar-refractivity contribution in [3.8, 4) is 5.88 Å². The third kappa shape index (κ3) is 2.57. The minimum atomic E-state index is -0.0643. The van der Waals surface area contributed by atoms with E-state index in [1.54, 1.807) is 17.0 Å². The molecule has 4 nitrogen and oxygen atoms in total. The van der Waals surface area contributed by atoms with Crippen LogP contribution >= 0.6 is 23.2 Å². The molecule has 2 heterocycles. The van der Waals surface area contributed by atoms with E-state index in [-0.39, 0.29) is 17.9 Å². The molecule has 0 atom stereocenters. The number of nitrogens with zero attached hydrogens (tertiary/aromatic N) is 2. The molecule has 1 aromatic heterocycles. The molecule has 1 aliphatic rings. The number of rotatable bonds is 3. The lowest BCUT2D eigenvalue weighted by Crippen LogP contribution is -2.56. The van der Waals surface area contributed by atoms with Gasteiger partial charge in [-0.2, -0.15) is 0 Å². The Morgan fingerprint density at radius 2 is 2.31 bits per heavy atom. The van der Waals surface area contributed by atoms with Crippen molar-refractivity contribution in [3.63, 3.8) is 0 Å². The fourth-order valence-corrected chi connectivity index (χ4v) is 1.68. The first-order valence-electron chi connectivity index (χ1n) is 4.81. The van der Waals surface area contributed by atoms with Crippen LogP contribution < -0.4 is 4.74 Å². The van der Waals surface area contributed by atoms with Crippen molar-refractivity contribution in [1.82, 2.24) is 9.88 Å². The van der Waals surface area contributed by atoms with Gasteiger partial charge in [0, 0.05) is 12.3 Å². The maximum Gasteiger partial charge on any atom is 0.237 e. The van der Waals surface area contributed by atoms with E-state index in [1.807, 2.05) is 0 Å². The summed E-state index contributed by atoms with van der Waals surface area (Å²) in [5.74, 6) is 0.476. The highest BCUT2D eigenvalue weighted by atomic mass is 35.5. The highest BCUT2D eigenvalue weighted by Gasteiger charge is 2.31. The van der Waals surface area contributed by atoms with Gasteiger partial charge in [0.1, 0.15) is 12.0 Å². The fraction of sp³-hybridized carbons (Fsp3) is 0.400. The molecule has 1 aromatic rings. The summed E-state index contributed by atoms with van der Waals surface area (Å²) in [6.07, 6.45) is 1.53. The van der Waals surface area contributed by atoms with Crippen molar-refractivity contribution in [2.45, 2.75) is 6.10 Å². The molecule has 0 bridgehead atoms. The van der Waals surface area contributed by atoms with Crippen LogP contribution in [0.15, 0.2) is 18.3 Å². The van der Waals surface area contributed by atoms with Crippen LogP contribution in [-0.4, -0.2) is 40.9 Å². The Kier molecular flexibility index (Phi) is 3.51. The van der Waals surface area contributed by atoms with E-state index in [0.717, 1.165) is 0 Å². The Morgan fingerprint density at radius 1 is 1.56 bits per heavy atom. The van der Waals surface area contributed by atoms with Crippen LogP contribution in [0.1, 0.15) is 0 Å². The summed E-state index contributed by atoms with van der Waals surface area (Å²) in [6.45, 7) is 1.13. The molecule has 2 rings (SSSR count). The third-order valence-corrected chi connectivity index (χ3v) is 2.75. The van der Waals surface area contributed by atoms with Crippen molar-refractivity contribution in [2.24, 2.45) is 0 Å². The Balaban J connectivity index is 1.81. The van der Waals surface area contributed by atoms with Crippen LogP contribution in [0.2, 0.25) is 5.02 Å². The molecule has 0 saturated carbocycles. The van der Waals surface area contributed by atoms with E-state index in [1.165, 1.54) is 6.20 Å². The van der Waals surface area contributed by atoms with Gasteiger partial charge in [-0.3, -0.25) is 4.79 Å². The van der Waals surface area contributed by atoms with Crippen LogP contribution in [0.5, 0.6) is 5.88 Å². The summed E-state index contributed by atoms with van der Waals surface area (Å²) in [4.78, 5) is 16.8. The van der Waals surface area contributed by atoms with Gasteiger partial charge in [-0.1, -0.05) is 11.6 Å². The predicted octanol–water partition coefficient (Wildman–Crippen LogP) is 1.56. The molecule has 1 aliphatic heterocycles. The minimum Gasteiger partial charge on any atom is -0.471 e. The first-order valence-corrected chi connectivity index (χ1v) is 5.72. The second-order valence-corrected chi connectivity index (χ2v) is 4.19. The quantitative estimate of drug-likeness (QED) is 0.775. The molecule has 0 spiro atoms. The molecular weight excluding hydrogens is 251 g/mol. The van der Waals surface area contributed by atoms with Crippen LogP contribution in [-0.2, 0) is 4.79 Å². The van der Waals surface area contributed by atoms with Gasteiger partial charge in [0.25, 0.3) is 0 Å². The van der Waals surface area contributed by atoms with Gasteiger partial charge in [-0.15, -0.1) is 11.6 Å². The largest absolute Gasteiger partial charge is 0.471 e. The van der Waals surface area contributed by atoms with Gasteiger partial charge in [-0.05, 0) is 6.07 Å². The van der Waals surface area contributed by atoms with Crippen molar-refractivity contribution in [1.29, 1.82) is 0 Å². The highest BCUT2D eigenvalue weighted by Crippen LogP contribution is 2.17. The molecule has 0 N–H and O–H groups in total. The predicted molar refractivity (Wildman–Crippen MR) is 61.0 cm³/mol. The Hall–Kier alpha value is -1.00. The molecule has 1 amide bonds. The minimum absolute atomic E-state index is 0.000780. The van der Waals surface area contributed by atoms with Gasteiger partial charge < -0.3 is 9.64 Å². The van der Waals surface area contributed by atoms with Crippen LogP contribution in [0, 0.1) is 0 Å². The molecule has 6 heteroatoms. The van der Waals surface area contributed by atoms with E-state index in [4.69, 9.17) is 27.9 Å². The Morgan fingerprint density at radius 3 is 2.88 bits per heavy atom. The van der Waals surface area contributed by atoms with E-state index < -0.39 is 0 Å². The van der Waals surface area contributed by atoms with Crippen molar-refractivity contribution < 1.29 is 9.53 Å². The second-order valence-electron chi connectivity index (χ2n) is 3.49. The van der Waals surface area contributed by atoms with Crippen LogP contribution in [0.4, 0.5) is 0 Å². The average molecular weight is 261 g/mol. The van der Waals surface area contributed by atoms with E-state index in [2.05, 4.69) is 4.98 Å². The van der Waals surface area contributed by atoms with Crippen molar-refractivity contribution in [2.75, 3.05) is 19.0 Å². The standard InChI is InChI=1S/C10H10Cl2N2O2/c11-3-10(15)14-5-8(6-14)16-9-2-1-7(12)4-13-9/h1-2,4,8H,3,5-6H2. The molecular formula is C10H10Cl2N2O2. The lowest BCUT2D eigenvalue weighted by atomic mass is 10.2. The number of likely N-dealkylation sites (tertiary alicyclic amines) is 1. The second kappa shape index (κ2) is 4.89. The summed E-state index contributed by atoms with van der Waals surface area (Å²) in [5.41, 5.74) is 0. The van der Waals surface area contributed by atoms with Crippen LogP contribution in [0.3, 0.4) is 0 Å². The topological polar surface area (TPSA) is 42.4 Å². The zero-order chi connectivity index (χ0) is 11.5. The van der Waals surface area contributed by atoms with Gasteiger partial charge >= 0.3 is 0 Å². The normalized spacial score (nSPS) is 15.8. The van der Waals surface area contributed by atoms with Crippen LogP contribution in [0.25, 0.3) is 0 Å². The number of amides is 1. The third-order valence-electron chi connectivity index (χ3n) is 2.30. The molecule has 1 fully saturated rings. The molecule has 0 radical (unpaired) electrons. The number of aromatic nitrogens is 1. The first kappa shape index (κ1) is 11.5. The molecule has 0 aromatic carbocycles. The summed E-state index contributed by atoms with van der Waals surface area (Å²) in [7, 11) is 0. The molecule has 1 saturated heterocycles. The number of hydrogen-bond acceptors (Lipinski definition) is 3. The van der Waals surface area contributed by atoms with E-state index in [9.17, 15) is 4.79 Å². The zero-order valence-corrected chi connectivity index (χ0v) is 9.91. The smallest absolute Gasteiger partial charge is 0.237 e. The lowest BCUT2D eigenvalue weighted by molar-refractivity contribution is -0.137. The van der Waals surface area contributed by atoms with Crippen molar-refractivity contribution in [3.05, 3.63) is 23.4 Å². The fourth-order valence-electron chi connectivity index (χ4n) is 1.40. The maximum atomic E-state index is 11.1. The Labute approximate surface area is 103 Å². The monoisotopic (exact) mass is 260 g/mol. The Bertz CT molecular complexity index is 377. The number of ether oxygens (including phenoxy) is 1. The average Bonchev–Trinajstić information content (AvgIpc) is 2.24. The highest BCUT2D eigenvalue weighted by molar-refractivity contribution is 6.30. The lowest BCUT2D eigenvalue weighted by Gasteiger charge is -2.38. The SMILES string of the molecule is O=C(CCl)N1CC(Oc2ccc(Cl)cn2)C1. The van der Waals surface area contributed by atoms with E-state index in [0.29, 0.717) is 24.0 Å². The number of pyridine rings is 1. The zero-order valence-electron chi connectivity index (χ0n) is 8.40. The number of halogens is 2. The van der Waals surface area contributed by atoms with Crippen molar-refractivity contribution >= 4 is 29.1 Å². The maximum absolute atomic E-state index is 11.1. The summed E-state index contributed by atoms with van der Waals surface area (Å²) < 4.78 is 5.52.